The molecule has 0 saturated carbocycles. The van der Waals surface area contributed by atoms with E-state index >= 15 is 0 Å². The summed E-state index contributed by atoms with van der Waals surface area (Å²) in [4.78, 5) is 0. The molecular formula is C48H98. The molecule has 0 aromatic carbocycles. The molecule has 48 heavy (non-hydrogen) atoms. The maximum absolute atomic E-state index is 2.55. The predicted octanol–water partition coefficient (Wildman–Crippen LogP) is 18.5. The highest BCUT2D eigenvalue weighted by molar-refractivity contribution is 4.69. The fourth-order valence-electron chi connectivity index (χ4n) is 8.53. The van der Waals surface area contributed by atoms with E-state index in [0.29, 0.717) is 0 Å². The number of rotatable bonds is 42. The van der Waals surface area contributed by atoms with Crippen LogP contribution in [0.3, 0.4) is 0 Å². The molecular weight excluding hydrogens is 577 g/mol. The molecule has 290 valence electrons. The first kappa shape index (κ1) is 48.0. The molecule has 0 aliphatic carbocycles. The molecule has 3 atom stereocenters. The van der Waals surface area contributed by atoms with Crippen molar-refractivity contribution in [2.24, 2.45) is 17.8 Å². The minimum Gasteiger partial charge on any atom is -0.0654 e. The van der Waals surface area contributed by atoms with Gasteiger partial charge in [-0.3, -0.25) is 0 Å². The van der Waals surface area contributed by atoms with Crippen LogP contribution in [0.4, 0.5) is 0 Å². The van der Waals surface area contributed by atoms with Gasteiger partial charge in [0.25, 0.3) is 0 Å². The zero-order valence-corrected chi connectivity index (χ0v) is 35.0. The first-order valence-corrected chi connectivity index (χ1v) is 23.7. The average Bonchev–Trinajstić information content (AvgIpc) is 3.09. The van der Waals surface area contributed by atoms with Gasteiger partial charge in [-0.25, -0.2) is 0 Å². The summed E-state index contributed by atoms with van der Waals surface area (Å²) in [6.07, 6.45) is 59.1. The van der Waals surface area contributed by atoms with Crippen LogP contribution in [0.5, 0.6) is 0 Å². The first-order chi connectivity index (χ1) is 23.7. The van der Waals surface area contributed by atoms with Crippen molar-refractivity contribution in [1.29, 1.82) is 0 Å². The predicted molar refractivity (Wildman–Crippen MR) is 224 cm³/mol. The van der Waals surface area contributed by atoms with E-state index < -0.39 is 0 Å². The third-order valence-corrected chi connectivity index (χ3v) is 11.9. The topological polar surface area (TPSA) is 0 Å². The largest absolute Gasteiger partial charge is 0.0654 e. The highest BCUT2D eigenvalue weighted by Gasteiger charge is 2.16. The standard InChI is InChI=1S/C48H98/c1-6-10-13-16-19-21-23-24-25-26-28-30-33-36-43-48(42-35-32-18-15-12-8-3)45-47(39-9-4)44-38-37-41-46(5)40-34-31-29-27-22-20-17-14-11-7-2/h46-48H,6-45H2,1-5H3. The SMILES string of the molecule is CCCCCCCCCCCCCCCCC(CCCCCCCC)CC(CCC)CCCCC(C)CCCCCCCCCCCC. The van der Waals surface area contributed by atoms with Crippen molar-refractivity contribution in [2.75, 3.05) is 0 Å². The fourth-order valence-corrected chi connectivity index (χ4v) is 8.53. The normalized spacial score (nSPS) is 13.7. The van der Waals surface area contributed by atoms with E-state index in [0.717, 1.165) is 17.8 Å². The van der Waals surface area contributed by atoms with Crippen LogP contribution in [0.2, 0.25) is 0 Å². The lowest BCUT2D eigenvalue weighted by atomic mass is 9.82. The Morgan fingerprint density at radius 3 is 0.771 bits per heavy atom. The minimum atomic E-state index is 0.949. The average molecular weight is 675 g/mol. The summed E-state index contributed by atoms with van der Waals surface area (Å²) in [5.74, 6) is 2.97. The van der Waals surface area contributed by atoms with Gasteiger partial charge in [-0.05, 0) is 24.2 Å². The van der Waals surface area contributed by atoms with Gasteiger partial charge in [-0.15, -0.1) is 0 Å². The monoisotopic (exact) mass is 675 g/mol. The third-order valence-electron chi connectivity index (χ3n) is 11.9. The van der Waals surface area contributed by atoms with Crippen molar-refractivity contribution in [3.05, 3.63) is 0 Å². The van der Waals surface area contributed by atoms with Crippen molar-refractivity contribution in [1.82, 2.24) is 0 Å². The highest BCUT2D eigenvalue weighted by atomic mass is 14.2. The highest BCUT2D eigenvalue weighted by Crippen LogP contribution is 2.31. The van der Waals surface area contributed by atoms with Gasteiger partial charge in [0.2, 0.25) is 0 Å². The smallest absolute Gasteiger partial charge is 0.0412 e. The molecule has 0 heterocycles. The molecule has 0 heteroatoms. The zero-order chi connectivity index (χ0) is 35.0. The minimum absolute atomic E-state index is 0.949. The van der Waals surface area contributed by atoms with Gasteiger partial charge in [0.05, 0.1) is 0 Å². The summed E-state index contributed by atoms with van der Waals surface area (Å²) >= 11 is 0. The van der Waals surface area contributed by atoms with E-state index in [-0.39, 0.29) is 0 Å². The van der Waals surface area contributed by atoms with Crippen molar-refractivity contribution in [3.63, 3.8) is 0 Å². The van der Waals surface area contributed by atoms with Gasteiger partial charge in [-0.2, -0.15) is 0 Å². The van der Waals surface area contributed by atoms with Crippen LogP contribution < -0.4 is 0 Å². The quantitative estimate of drug-likeness (QED) is 0.0565. The summed E-state index contributed by atoms with van der Waals surface area (Å²) in [5.41, 5.74) is 0. The summed E-state index contributed by atoms with van der Waals surface area (Å²) in [5, 5.41) is 0. The maximum Gasteiger partial charge on any atom is -0.0412 e. The molecule has 0 spiro atoms. The Labute approximate surface area is 308 Å². The summed E-state index contributed by atoms with van der Waals surface area (Å²) in [7, 11) is 0. The Kier molecular flexibility index (Phi) is 41.4. The molecule has 0 rings (SSSR count). The molecule has 0 radical (unpaired) electrons. The molecule has 0 bridgehead atoms. The Morgan fingerprint density at radius 1 is 0.229 bits per heavy atom. The van der Waals surface area contributed by atoms with Gasteiger partial charge < -0.3 is 0 Å². The van der Waals surface area contributed by atoms with Crippen LogP contribution in [0.25, 0.3) is 0 Å². The molecule has 0 aliphatic heterocycles. The van der Waals surface area contributed by atoms with Crippen LogP contribution in [0.1, 0.15) is 291 Å². The maximum atomic E-state index is 2.55. The molecule has 0 amide bonds. The van der Waals surface area contributed by atoms with Gasteiger partial charge in [0, 0.05) is 0 Å². The van der Waals surface area contributed by atoms with Gasteiger partial charge >= 0.3 is 0 Å². The van der Waals surface area contributed by atoms with Crippen molar-refractivity contribution < 1.29 is 0 Å². The van der Waals surface area contributed by atoms with E-state index in [2.05, 4.69) is 34.6 Å². The second kappa shape index (κ2) is 41.4. The van der Waals surface area contributed by atoms with E-state index in [4.69, 9.17) is 0 Å². The summed E-state index contributed by atoms with van der Waals surface area (Å²) in [6.45, 7) is 12.0. The van der Waals surface area contributed by atoms with Crippen LogP contribution in [-0.4, -0.2) is 0 Å². The molecule has 0 nitrogen and oxygen atoms in total. The molecule has 3 unspecified atom stereocenters. The van der Waals surface area contributed by atoms with E-state index in [9.17, 15) is 0 Å². The molecule has 0 aromatic rings. The lowest BCUT2D eigenvalue weighted by Gasteiger charge is -2.24. The van der Waals surface area contributed by atoms with E-state index in [1.807, 2.05) is 0 Å². The summed E-state index contributed by atoms with van der Waals surface area (Å²) in [6, 6.07) is 0. The third kappa shape index (κ3) is 37.3. The number of unbranched alkanes of at least 4 members (excludes halogenated alkanes) is 28. The molecule has 0 saturated heterocycles. The van der Waals surface area contributed by atoms with Crippen molar-refractivity contribution >= 4 is 0 Å². The van der Waals surface area contributed by atoms with Crippen LogP contribution in [-0.2, 0) is 0 Å². The number of hydrogen-bond acceptors (Lipinski definition) is 0. The van der Waals surface area contributed by atoms with E-state index in [1.165, 1.54) is 250 Å². The Morgan fingerprint density at radius 2 is 0.458 bits per heavy atom. The molecule has 0 fully saturated rings. The second-order valence-electron chi connectivity index (χ2n) is 17.1. The van der Waals surface area contributed by atoms with Crippen LogP contribution >= 0.6 is 0 Å². The van der Waals surface area contributed by atoms with Crippen LogP contribution in [0, 0.1) is 17.8 Å². The lowest BCUT2D eigenvalue weighted by Crippen LogP contribution is -2.10. The fraction of sp³-hybridized carbons (Fsp3) is 1.00. The molecule has 0 aromatic heterocycles. The van der Waals surface area contributed by atoms with Crippen molar-refractivity contribution in [3.8, 4) is 0 Å². The van der Waals surface area contributed by atoms with Gasteiger partial charge in [0.15, 0.2) is 0 Å². The van der Waals surface area contributed by atoms with Gasteiger partial charge in [-0.1, -0.05) is 285 Å². The first-order valence-electron chi connectivity index (χ1n) is 23.7. The van der Waals surface area contributed by atoms with Crippen LogP contribution in [0.15, 0.2) is 0 Å². The van der Waals surface area contributed by atoms with Gasteiger partial charge in [0.1, 0.15) is 0 Å². The zero-order valence-electron chi connectivity index (χ0n) is 35.0. The summed E-state index contributed by atoms with van der Waals surface area (Å²) < 4.78 is 0. The molecule has 0 aliphatic rings. The van der Waals surface area contributed by atoms with Crippen molar-refractivity contribution in [2.45, 2.75) is 291 Å². The Balaban J connectivity index is 4.20. The molecule has 0 N–H and O–H groups in total. The second-order valence-corrected chi connectivity index (χ2v) is 17.1. The van der Waals surface area contributed by atoms with E-state index in [1.54, 1.807) is 6.42 Å². The lowest BCUT2D eigenvalue weighted by molar-refractivity contribution is 0.284. The Bertz CT molecular complexity index is 550. The Hall–Kier alpha value is 0. The number of hydrogen-bond donors (Lipinski definition) is 0.